The van der Waals surface area contributed by atoms with Crippen molar-refractivity contribution in [2.45, 2.75) is 39.5 Å². The molecule has 264 valence electrons. The maximum atomic E-state index is 2.35. The molecule has 0 aliphatic carbocycles. The molecule has 0 bridgehead atoms. The number of rotatable bonds is 10. The number of hydrogen-bond donors (Lipinski definition) is 0. The van der Waals surface area contributed by atoms with Crippen molar-refractivity contribution in [3.63, 3.8) is 0 Å². The van der Waals surface area contributed by atoms with Crippen LogP contribution in [-0.2, 0) is 0 Å². The maximum absolute atomic E-state index is 2.35. The summed E-state index contributed by atoms with van der Waals surface area (Å²) in [5.74, 6) is 0.974. The van der Waals surface area contributed by atoms with Gasteiger partial charge in [-0.3, -0.25) is 0 Å². The largest absolute Gasteiger partial charge is 0.310 e. The van der Waals surface area contributed by atoms with Crippen LogP contribution in [0.5, 0.6) is 0 Å². The van der Waals surface area contributed by atoms with Crippen molar-refractivity contribution in [1.82, 2.24) is 0 Å². The molecule has 0 spiro atoms. The SMILES string of the molecule is CC(C)c1ccc(N(c2ccc(/C=C/c3ccc(N(c4ccc(C(C)C)cc4)c4ccc5ccccc5c4)cc3)cc2)c2ccc3ccccc3c2)cc1. The predicted molar refractivity (Wildman–Crippen MR) is 234 cm³/mol. The van der Waals surface area contributed by atoms with E-state index in [2.05, 4.69) is 232 Å². The van der Waals surface area contributed by atoms with Gasteiger partial charge in [-0.15, -0.1) is 0 Å². The first-order valence-electron chi connectivity index (χ1n) is 19.1. The number of hydrogen-bond acceptors (Lipinski definition) is 2. The molecule has 0 aliphatic rings. The normalized spacial score (nSPS) is 11.6. The third-order valence-corrected chi connectivity index (χ3v) is 10.4. The monoisotopic (exact) mass is 698 g/mol. The first-order valence-corrected chi connectivity index (χ1v) is 19.1. The second kappa shape index (κ2) is 15.3. The molecule has 8 rings (SSSR count). The van der Waals surface area contributed by atoms with Crippen molar-refractivity contribution in [1.29, 1.82) is 0 Å². The molecule has 0 fully saturated rings. The summed E-state index contributed by atoms with van der Waals surface area (Å²) in [5.41, 5.74) is 11.8. The molecule has 0 aliphatic heterocycles. The van der Waals surface area contributed by atoms with E-state index < -0.39 is 0 Å². The van der Waals surface area contributed by atoms with Crippen molar-refractivity contribution >= 4 is 67.8 Å². The molecule has 0 saturated carbocycles. The first-order chi connectivity index (χ1) is 26.4. The molecular weight excluding hydrogens is 653 g/mol. The lowest BCUT2D eigenvalue weighted by Gasteiger charge is -2.26. The van der Waals surface area contributed by atoms with Crippen LogP contribution in [0.25, 0.3) is 33.7 Å². The molecule has 0 atom stereocenters. The van der Waals surface area contributed by atoms with Gasteiger partial charge in [0.05, 0.1) is 0 Å². The Hall–Kier alpha value is -6.38. The zero-order chi connectivity index (χ0) is 37.0. The molecular formula is C52H46N2. The van der Waals surface area contributed by atoms with Crippen molar-refractivity contribution < 1.29 is 0 Å². The number of anilines is 6. The molecule has 0 aromatic heterocycles. The van der Waals surface area contributed by atoms with E-state index in [4.69, 9.17) is 0 Å². The van der Waals surface area contributed by atoms with Crippen LogP contribution in [0.3, 0.4) is 0 Å². The second-order valence-electron chi connectivity index (χ2n) is 14.7. The van der Waals surface area contributed by atoms with E-state index >= 15 is 0 Å². The van der Waals surface area contributed by atoms with Crippen molar-refractivity contribution in [3.8, 4) is 0 Å². The van der Waals surface area contributed by atoms with Gasteiger partial charge >= 0.3 is 0 Å². The van der Waals surface area contributed by atoms with Gasteiger partial charge in [0.1, 0.15) is 0 Å². The lowest BCUT2D eigenvalue weighted by molar-refractivity contribution is 0.866. The topological polar surface area (TPSA) is 6.48 Å². The van der Waals surface area contributed by atoms with Crippen LogP contribution in [0.2, 0.25) is 0 Å². The van der Waals surface area contributed by atoms with E-state index in [9.17, 15) is 0 Å². The van der Waals surface area contributed by atoms with Gasteiger partial charge in [0.2, 0.25) is 0 Å². The maximum Gasteiger partial charge on any atom is 0.0468 e. The third kappa shape index (κ3) is 7.42. The summed E-state index contributed by atoms with van der Waals surface area (Å²) in [6, 6.07) is 66.2. The average Bonchev–Trinajstić information content (AvgIpc) is 3.21. The molecule has 0 unspecified atom stereocenters. The van der Waals surface area contributed by atoms with Crippen molar-refractivity contribution in [3.05, 3.63) is 204 Å². The molecule has 8 aromatic rings. The average molecular weight is 699 g/mol. The highest BCUT2D eigenvalue weighted by Gasteiger charge is 2.15. The molecule has 2 nitrogen and oxygen atoms in total. The molecule has 54 heavy (non-hydrogen) atoms. The van der Waals surface area contributed by atoms with Crippen LogP contribution in [0.15, 0.2) is 182 Å². The van der Waals surface area contributed by atoms with Crippen LogP contribution < -0.4 is 9.80 Å². The summed E-state index contributed by atoms with van der Waals surface area (Å²) in [5, 5.41) is 4.95. The summed E-state index contributed by atoms with van der Waals surface area (Å²) in [6.07, 6.45) is 4.39. The summed E-state index contributed by atoms with van der Waals surface area (Å²) in [6.45, 7) is 8.96. The summed E-state index contributed by atoms with van der Waals surface area (Å²) in [4.78, 5) is 4.70. The molecule has 0 heterocycles. The lowest BCUT2D eigenvalue weighted by Crippen LogP contribution is -2.10. The van der Waals surface area contributed by atoms with Gasteiger partial charge in [0, 0.05) is 34.1 Å². The molecule has 8 aromatic carbocycles. The van der Waals surface area contributed by atoms with Gasteiger partial charge in [0.25, 0.3) is 0 Å². The molecule has 0 amide bonds. The van der Waals surface area contributed by atoms with E-state index in [1.54, 1.807) is 0 Å². The Kier molecular flexibility index (Phi) is 9.83. The third-order valence-electron chi connectivity index (χ3n) is 10.4. The Bertz CT molecular complexity index is 2340. The summed E-state index contributed by atoms with van der Waals surface area (Å²) >= 11 is 0. The molecule has 0 N–H and O–H groups in total. The Morgan fingerprint density at radius 2 is 0.611 bits per heavy atom. The van der Waals surface area contributed by atoms with Crippen LogP contribution in [-0.4, -0.2) is 0 Å². The Labute approximate surface area is 320 Å². The predicted octanol–water partition coefficient (Wildman–Crippen LogP) is 15.3. The standard InChI is InChI=1S/C52H46N2/c1-37(2)41-19-29-49(30-20-41)53(51-33-23-43-9-5-7-11-45(43)35-51)47-25-15-39(16-26-47)13-14-40-17-27-48(28-18-40)54(50-31-21-42(22-32-50)38(3)4)52-34-24-44-10-6-8-12-46(44)36-52/h5-38H,1-4H3/b14-13+. The fourth-order valence-electron chi connectivity index (χ4n) is 7.20. The Morgan fingerprint density at radius 1 is 0.315 bits per heavy atom. The minimum atomic E-state index is 0.487. The summed E-state index contributed by atoms with van der Waals surface area (Å²) < 4.78 is 0. The minimum Gasteiger partial charge on any atom is -0.310 e. The highest BCUT2D eigenvalue weighted by atomic mass is 15.1. The van der Waals surface area contributed by atoms with E-state index in [0.717, 1.165) is 45.3 Å². The molecule has 2 heteroatoms. The van der Waals surface area contributed by atoms with Crippen LogP contribution in [0.4, 0.5) is 34.1 Å². The molecule has 0 radical (unpaired) electrons. The number of benzene rings is 8. The molecule has 0 saturated heterocycles. The highest BCUT2D eigenvalue weighted by Crippen LogP contribution is 2.39. The van der Waals surface area contributed by atoms with E-state index in [-0.39, 0.29) is 0 Å². The van der Waals surface area contributed by atoms with Gasteiger partial charge in [-0.05, 0) is 128 Å². The van der Waals surface area contributed by atoms with E-state index in [1.807, 2.05) is 0 Å². The van der Waals surface area contributed by atoms with Gasteiger partial charge in [-0.2, -0.15) is 0 Å². The van der Waals surface area contributed by atoms with E-state index in [0.29, 0.717) is 11.8 Å². The Balaban J connectivity index is 1.06. The summed E-state index contributed by atoms with van der Waals surface area (Å²) in [7, 11) is 0. The quantitative estimate of drug-likeness (QED) is 0.131. The fraction of sp³-hybridized carbons (Fsp3) is 0.115. The fourth-order valence-corrected chi connectivity index (χ4v) is 7.20. The van der Waals surface area contributed by atoms with Crippen LogP contribution in [0.1, 0.15) is 61.8 Å². The van der Waals surface area contributed by atoms with Crippen molar-refractivity contribution in [2.75, 3.05) is 9.80 Å². The highest BCUT2D eigenvalue weighted by molar-refractivity contribution is 5.91. The smallest absolute Gasteiger partial charge is 0.0468 e. The zero-order valence-corrected chi connectivity index (χ0v) is 31.5. The van der Waals surface area contributed by atoms with Gasteiger partial charge < -0.3 is 9.80 Å². The van der Waals surface area contributed by atoms with Crippen LogP contribution in [0, 0.1) is 0 Å². The van der Waals surface area contributed by atoms with Gasteiger partial charge in [0.15, 0.2) is 0 Å². The van der Waals surface area contributed by atoms with Crippen LogP contribution >= 0.6 is 0 Å². The Morgan fingerprint density at radius 3 is 0.944 bits per heavy atom. The van der Waals surface area contributed by atoms with E-state index in [1.165, 1.54) is 32.7 Å². The van der Waals surface area contributed by atoms with Gasteiger partial charge in [-0.1, -0.05) is 149 Å². The van der Waals surface area contributed by atoms with Crippen molar-refractivity contribution in [2.24, 2.45) is 0 Å². The van der Waals surface area contributed by atoms with Gasteiger partial charge in [-0.25, -0.2) is 0 Å². The zero-order valence-electron chi connectivity index (χ0n) is 31.5. The number of nitrogens with zero attached hydrogens (tertiary/aromatic N) is 2. The first kappa shape index (κ1) is 34.7. The number of fused-ring (bicyclic) bond motifs is 2. The minimum absolute atomic E-state index is 0.487. The lowest BCUT2D eigenvalue weighted by atomic mass is 10.0. The second-order valence-corrected chi connectivity index (χ2v) is 14.7.